The Hall–Kier alpha value is -3.08. The third kappa shape index (κ3) is 5.00. The monoisotopic (exact) mass is 378 g/mol. The maximum Gasteiger partial charge on any atom is 0.270 e. The molecule has 1 heterocycles. The summed E-state index contributed by atoms with van der Waals surface area (Å²) in [6, 6.07) is 16.4. The number of ether oxygens (including phenoxy) is 1. The van der Waals surface area contributed by atoms with E-state index in [1.54, 1.807) is 37.5 Å². The molecule has 0 atom stereocenters. The van der Waals surface area contributed by atoms with Crippen LogP contribution >= 0.6 is 0 Å². The van der Waals surface area contributed by atoms with Gasteiger partial charge in [0.1, 0.15) is 11.4 Å². The van der Waals surface area contributed by atoms with Crippen molar-refractivity contribution in [2.24, 2.45) is 0 Å². The summed E-state index contributed by atoms with van der Waals surface area (Å²) in [5.41, 5.74) is 1.52. The van der Waals surface area contributed by atoms with E-state index in [0.29, 0.717) is 24.4 Å². The molecule has 2 aromatic rings. The molecule has 2 aromatic carbocycles. The van der Waals surface area contributed by atoms with Crippen molar-refractivity contribution >= 4 is 17.9 Å². The zero-order valence-corrected chi connectivity index (χ0v) is 16.2. The largest absolute Gasteiger partial charge is 0.496 e. The van der Waals surface area contributed by atoms with Gasteiger partial charge < -0.3 is 15.0 Å². The fraction of sp³-hybridized carbons (Fsp3) is 0.304. The minimum Gasteiger partial charge on any atom is -0.496 e. The Morgan fingerprint density at radius 3 is 2.25 bits per heavy atom. The number of amides is 2. The van der Waals surface area contributed by atoms with Crippen molar-refractivity contribution in [1.29, 1.82) is 0 Å². The minimum atomic E-state index is -0.301. The lowest BCUT2D eigenvalue weighted by atomic mass is 10.1. The lowest BCUT2D eigenvalue weighted by Gasteiger charge is -2.22. The second kappa shape index (κ2) is 9.74. The van der Waals surface area contributed by atoms with Crippen LogP contribution in [-0.2, 0) is 4.79 Å². The van der Waals surface area contributed by atoms with E-state index in [-0.39, 0.29) is 17.5 Å². The lowest BCUT2D eigenvalue weighted by Crippen LogP contribution is -2.39. The van der Waals surface area contributed by atoms with E-state index in [0.717, 1.165) is 31.2 Å². The SMILES string of the molecule is COc1ccccc1/C=C(/NC(=O)c1ccccc1)C(=O)N1CCCCCC1. The van der Waals surface area contributed by atoms with Crippen LogP contribution in [0.4, 0.5) is 0 Å². The average Bonchev–Trinajstić information content (AvgIpc) is 3.03. The zero-order chi connectivity index (χ0) is 19.8. The van der Waals surface area contributed by atoms with Gasteiger partial charge in [0.2, 0.25) is 0 Å². The highest BCUT2D eigenvalue weighted by atomic mass is 16.5. The second-order valence-electron chi connectivity index (χ2n) is 6.83. The Labute approximate surface area is 166 Å². The number of methoxy groups -OCH3 is 1. The summed E-state index contributed by atoms with van der Waals surface area (Å²) in [7, 11) is 1.59. The summed E-state index contributed by atoms with van der Waals surface area (Å²) in [4.78, 5) is 27.8. The van der Waals surface area contributed by atoms with Crippen molar-refractivity contribution in [3.63, 3.8) is 0 Å². The number of nitrogens with zero attached hydrogens (tertiary/aromatic N) is 1. The molecule has 0 radical (unpaired) electrons. The molecule has 5 nitrogen and oxygen atoms in total. The van der Waals surface area contributed by atoms with E-state index in [2.05, 4.69) is 5.32 Å². The molecule has 28 heavy (non-hydrogen) atoms. The standard InChI is InChI=1S/C23H26N2O3/c1-28-21-14-8-7-13-19(21)17-20(23(27)25-15-9-2-3-10-16-25)24-22(26)18-11-5-4-6-12-18/h4-8,11-14,17H,2-3,9-10,15-16H2,1H3,(H,24,26)/b20-17+. The summed E-state index contributed by atoms with van der Waals surface area (Å²) in [5, 5.41) is 2.83. The number of benzene rings is 2. The highest BCUT2D eigenvalue weighted by Crippen LogP contribution is 2.21. The first-order valence-corrected chi connectivity index (χ1v) is 9.69. The van der Waals surface area contributed by atoms with Gasteiger partial charge in [-0.15, -0.1) is 0 Å². The Morgan fingerprint density at radius 1 is 0.929 bits per heavy atom. The number of nitrogens with one attached hydrogen (secondary N) is 1. The predicted molar refractivity (Wildman–Crippen MR) is 110 cm³/mol. The van der Waals surface area contributed by atoms with E-state index < -0.39 is 0 Å². The molecule has 1 aliphatic heterocycles. The van der Waals surface area contributed by atoms with Crippen LogP contribution in [0, 0.1) is 0 Å². The van der Waals surface area contributed by atoms with Gasteiger partial charge in [-0.25, -0.2) is 0 Å². The van der Waals surface area contributed by atoms with Crippen LogP contribution in [0.3, 0.4) is 0 Å². The molecule has 1 N–H and O–H groups in total. The van der Waals surface area contributed by atoms with Crippen molar-refractivity contribution in [3.8, 4) is 5.75 Å². The third-order valence-electron chi connectivity index (χ3n) is 4.85. The molecule has 0 spiro atoms. The van der Waals surface area contributed by atoms with Crippen molar-refractivity contribution in [1.82, 2.24) is 10.2 Å². The fourth-order valence-corrected chi connectivity index (χ4v) is 3.32. The Morgan fingerprint density at radius 2 is 1.57 bits per heavy atom. The maximum absolute atomic E-state index is 13.2. The Bertz CT molecular complexity index is 838. The van der Waals surface area contributed by atoms with Crippen molar-refractivity contribution in [2.45, 2.75) is 25.7 Å². The van der Waals surface area contributed by atoms with Gasteiger partial charge >= 0.3 is 0 Å². The molecule has 0 unspecified atom stereocenters. The lowest BCUT2D eigenvalue weighted by molar-refractivity contribution is -0.127. The molecule has 1 fully saturated rings. The first-order chi connectivity index (χ1) is 13.7. The highest BCUT2D eigenvalue weighted by molar-refractivity contribution is 6.05. The Kier molecular flexibility index (Phi) is 6.84. The summed E-state index contributed by atoms with van der Waals surface area (Å²) in [5.74, 6) is 0.194. The highest BCUT2D eigenvalue weighted by Gasteiger charge is 2.22. The summed E-state index contributed by atoms with van der Waals surface area (Å²) in [6.07, 6.45) is 5.94. The van der Waals surface area contributed by atoms with Crippen molar-refractivity contribution in [2.75, 3.05) is 20.2 Å². The molecule has 5 heteroatoms. The molecule has 146 valence electrons. The molecule has 1 aliphatic rings. The molecule has 1 saturated heterocycles. The van der Waals surface area contributed by atoms with E-state index >= 15 is 0 Å². The minimum absolute atomic E-state index is 0.155. The Balaban J connectivity index is 1.92. The van der Waals surface area contributed by atoms with Gasteiger partial charge in [0.25, 0.3) is 11.8 Å². The van der Waals surface area contributed by atoms with Crippen LogP contribution in [0.5, 0.6) is 5.75 Å². The summed E-state index contributed by atoms with van der Waals surface area (Å²) >= 11 is 0. The summed E-state index contributed by atoms with van der Waals surface area (Å²) in [6.45, 7) is 1.42. The quantitative estimate of drug-likeness (QED) is 0.804. The number of hydrogen-bond donors (Lipinski definition) is 1. The van der Waals surface area contributed by atoms with Gasteiger partial charge in [-0.05, 0) is 37.1 Å². The molecule has 0 aliphatic carbocycles. The van der Waals surface area contributed by atoms with E-state index in [1.807, 2.05) is 35.2 Å². The van der Waals surface area contributed by atoms with Crippen LogP contribution in [-0.4, -0.2) is 36.9 Å². The molecular weight excluding hydrogens is 352 g/mol. The van der Waals surface area contributed by atoms with Crippen LogP contribution < -0.4 is 10.1 Å². The number of hydrogen-bond acceptors (Lipinski definition) is 3. The van der Waals surface area contributed by atoms with E-state index in [4.69, 9.17) is 4.74 Å². The number of likely N-dealkylation sites (tertiary alicyclic amines) is 1. The number of carbonyl (C=O) groups is 2. The van der Waals surface area contributed by atoms with Crippen LogP contribution in [0.15, 0.2) is 60.3 Å². The molecule has 2 amide bonds. The topological polar surface area (TPSA) is 58.6 Å². The fourth-order valence-electron chi connectivity index (χ4n) is 3.32. The van der Waals surface area contributed by atoms with Crippen LogP contribution in [0.2, 0.25) is 0 Å². The second-order valence-corrected chi connectivity index (χ2v) is 6.83. The first kappa shape index (κ1) is 19.7. The predicted octanol–water partition coefficient (Wildman–Crippen LogP) is 3.87. The third-order valence-corrected chi connectivity index (χ3v) is 4.85. The van der Waals surface area contributed by atoms with Crippen LogP contribution in [0.1, 0.15) is 41.6 Å². The molecule has 3 rings (SSSR count). The van der Waals surface area contributed by atoms with Gasteiger partial charge in [0.05, 0.1) is 7.11 Å². The van der Waals surface area contributed by atoms with Gasteiger partial charge in [0.15, 0.2) is 0 Å². The number of carbonyl (C=O) groups excluding carboxylic acids is 2. The zero-order valence-electron chi connectivity index (χ0n) is 16.2. The summed E-state index contributed by atoms with van der Waals surface area (Å²) < 4.78 is 5.40. The number of rotatable bonds is 5. The van der Waals surface area contributed by atoms with Gasteiger partial charge in [0, 0.05) is 24.2 Å². The van der Waals surface area contributed by atoms with Gasteiger partial charge in [-0.1, -0.05) is 49.2 Å². The van der Waals surface area contributed by atoms with Gasteiger partial charge in [-0.2, -0.15) is 0 Å². The van der Waals surface area contributed by atoms with Crippen molar-refractivity contribution < 1.29 is 14.3 Å². The van der Waals surface area contributed by atoms with Crippen molar-refractivity contribution in [3.05, 3.63) is 71.4 Å². The molecule has 0 bridgehead atoms. The average molecular weight is 378 g/mol. The molecule has 0 saturated carbocycles. The van der Waals surface area contributed by atoms with E-state index in [1.165, 1.54) is 0 Å². The van der Waals surface area contributed by atoms with Crippen LogP contribution in [0.25, 0.3) is 6.08 Å². The maximum atomic E-state index is 13.2. The number of para-hydroxylation sites is 1. The van der Waals surface area contributed by atoms with Gasteiger partial charge in [-0.3, -0.25) is 9.59 Å². The molecule has 0 aromatic heterocycles. The molecular formula is C23H26N2O3. The first-order valence-electron chi connectivity index (χ1n) is 9.69. The normalized spacial score (nSPS) is 14.9. The van der Waals surface area contributed by atoms with E-state index in [9.17, 15) is 9.59 Å². The smallest absolute Gasteiger partial charge is 0.270 e.